The molecular formula is C24H32CaCl2Fe3N3O28. The number of quaternary nitrogens is 3. The zero-order chi connectivity index (χ0) is 42.6. The molecule has 0 aliphatic heterocycles. The Labute approximate surface area is 413 Å². The Kier molecular flexibility index (Phi) is 64.1. The normalized spacial score (nSPS) is 9.25. The van der Waals surface area contributed by atoms with Crippen molar-refractivity contribution in [1.82, 2.24) is 18.5 Å². The molecule has 0 saturated heterocycles. The summed E-state index contributed by atoms with van der Waals surface area (Å²) in [5, 5.41) is 156. The smallest absolute Gasteiger partial charge is 1.00 e. The Balaban J connectivity index is -0.0000000436. The molecule has 0 amide bonds. The van der Waals surface area contributed by atoms with Crippen LogP contribution < -0.4 is 105 Å². The number of carbonyl (C=O) groups excluding carboxylic acids is 12. The van der Waals surface area contributed by atoms with Gasteiger partial charge in [-0.25, -0.2) is 0 Å². The predicted molar refractivity (Wildman–Crippen MR) is 141 cm³/mol. The first-order valence-corrected chi connectivity index (χ1v) is 12.5. The standard InChI is InChI=1S/4C6H8O7.Ca.2ClH.3Fe.3H3N/c4*7-3(8)1-6(13,5(11)12)2-4(9)10;;;;;;;;;/h4*13H,1-2H2,(H,7,8)(H,9,10)(H,11,12);;2*1H;;;;3*1H3/q;;;;+2;;;3*+3;;;/p-11. The van der Waals surface area contributed by atoms with Crippen molar-refractivity contribution in [2.75, 3.05) is 0 Å². The summed E-state index contributed by atoms with van der Waals surface area (Å²) >= 11 is 0. The number of carbonyl (C=O) groups is 12. The first-order valence-electron chi connectivity index (χ1n) is 12.5. The SMILES string of the molecule is O=C([O-])CC(O)(CC(=O)[O-])C(=O)[O-].O=C([O-])CC(O)(CC(=O)[O-])C(=O)[O-].O=C([O-])CC(O)(CC(=O)[O-])C(=O)[O-].O=C([O-])CC(O)(CC(=O)[O-])C(=O)[O-].[Ca+2].[Cl-].[Cl-].[Fe+3].[Fe+3].[Fe+3].[NH4+].[NH4+].[NH4+]. The maximum Gasteiger partial charge on any atom is 3.00 e. The predicted octanol–water partition coefficient (Wildman–Crippen LogP) is -26.3. The number of rotatable bonds is 20. The van der Waals surface area contributed by atoms with E-state index in [9.17, 15) is 119 Å². The quantitative estimate of drug-likeness (QED) is 0.0557. The van der Waals surface area contributed by atoms with Crippen molar-refractivity contribution >= 4 is 109 Å². The van der Waals surface area contributed by atoms with E-state index in [1.807, 2.05) is 0 Å². The number of carboxylic acid groups (broad SMARTS) is 12. The van der Waals surface area contributed by atoms with E-state index in [-0.39, 0.29) is 132 Å². The van der Waals surface area contributed by atoms with Gasteiger partial charge in [0.1, 0.15) is 22.4 Å². The molecule has 0 spiro atoms. The van der Waals surface area contributed by atoms with Crippen molar-refractivity contribution < 1.29 is 215 Å². The van der Waals surface area contributed by atoms with E-state index >= 15 is 0 Å². The molecule has 0 aromatic rings. The molecule has 0 bridgehead atoms. The minimum atomic E-state index is -2.97. The Morgan fingerprint density at radius 1 is 0.279 bits per heavy atom. The molecule has 0 fully saturated rings. The first kappa shape index (κ1) is 92.9. The number of carboxylic acids is 12. The van der Waals surface area contributed by atoms with Gasteiger partial charge in [-0.1, -0.05) is 0 Å². The van der Waals surface area contributed by atoms with Crippen LogP contribution in [0.15, 0.2) is 0 Å². The summed E-state index contributed by atoms with van der Waals surface area (Å²) in [5.74, 6) is -23.9. The van der Waals surface area contributed by atoms with Crippen molar-refractivity contribution in [2.45, 2.75) is 73.8 Å². The van der Waals surface area contributed by atoms with Crippen LogP contribution in [-0.4, -0.2) is 152 Å². The molecule has 0 aliphatic rings. The second-order valence-electron chi connectivity index (χ2n) is 9.67. The summed E-state index contributed by atoms with van der Waals surface area (Å²) < 4.78 is 0. The Morgan fingerprint density at radius 3 is 0.377 bits per heavy atom. The number of hydrogen-bond acceptors (Lipinski definition) is 28. The third kappa shape index (κ3) is 46.1. The maximum atomic E-state index is 10.1. The minimum absolute atomic E-state index is 0. The number of halogens is 2. The molecule has 0 aromatic carbocycles. The van der Waals surface area contributed by atoms with Crippen molar-refractivity contribution in [3.8, 4) is 0 Å². The molecule has 0 saturated carbocycles. The van der Waals surface area contributed by atoms with E-state index in [1.165, 1.54) is 0 Å². The molecule has 0 atom stereocenters. The van der Waals surface area contributed by atoms with Crippen LogP contribution in [0, 0.1) is 0 Å². The third-order valence-corrected chi connectivity index (χ3v) is 5.01. The fourth-order valence-corrected chi connectivity index (χ4v) is 2.74. The fourth-order valence-electron chi connectivity index (χ4n) is 2.74. The average Bonchev–Trinajstić information content (AvgIpc) is 2.85. The maximum absolute atomic E-state index is 10.1. The molecule has 0 aromatic heterocycles. The largest absolute Gasteiger partial charge is 3.00 e. The van der Waals surface area contributed by atoms with Crippen LogP contribution in [-0.2, 0) is 109 Å². The topological polar surface area (TPSA) is 672 Å². The van der Waals surface area contributed by atoms with Gasteiger partial charge < -0.3 is 183 Å². The second kappa shape index (κ2) is 42.1. The molecular weight excluding hydrogens is 1060 g/mol. The zero-order valence-corrected chi connectivity index (χ0v) is 37.8. The van der Waals surface area contributed by atoms with Crippen LogP contribution in [0.25, 0.3) is 0 Å². The van der Waals surface area contributed by atoms with Gasteiger partial charge in [-0.15, -0.1) is 0 Å². The van der Waals surface area contributed by atoms with Crippen molar-refractivity contribution in [3.05, 3.63) is 0 Å². The van der Waals surface area contributed by atoms with Crippen LogP contribution >= 0.6 is 0 Å². The summed E-state index contributed by atoms with van der Waals surface area (Å²) in [6, 6.07) is 0. The van der Waals surface area contributed by atoms with E-state index in [4.69, 9.17) is 20.4 Å². The molecule has 0 aliphatic carbocycles. The molecule has 0 rings (SSSR count). The van der Waals surface area contributed by atoms with Gasteiger partial charge in [-0.2, -0.15) is 0 Å². The third-order valence-electron chi connectivity index (χ3n) is 5.01. The summed E-state index contributed by atoms with van der Waals surface area (Å²) in [6.45, 7) is 0. The summed E-state index contributed by atoms with van der Waals surface area (Å²) in [6.07, 6.45) is -10.9. The molecule has 37 heteroatoms. The number of hydrogen-bond donors (Lipinski definition) is 7. The van der Waals surface area contributed by atoms with Crippen molar-refractivity contribution in [2.24, 2.45) is 0 Å². The van der Waals surface area contributed by atoms with Crippen molar-refractivity contribution in [3.63, 3.8) is 0 Å². The summed E-state index contributed by atoms with van der Waals surface area (Å²) in [4.78, 5) is 120. The van der Waals surface area contributed by atoms with E-state index in [2.05, 4.69) is 0 Å². The summed E-state index contributed by atoms with van der Waals surface area (Å²) in [5.41, 5.74) is -11.9. The molecule has 351 valence electrons. The van der Waals surface area contributed by atoms with Gasteiger partial charge >= 0.3 is 88.9 Å². The van der Waals surface area contributed by atoms with E-state index in [0.717, 1.165) is 0 Å². The minimum Gasteiger partial charge on any atom is -1.00 e. The van der Waals surface area contributed by atoms with Gasteiger partial charge in [0.25, 0.3) is 0 Å². The number of aliphatic hydroxyl groups is 4. The molecule has 3 radical (unpaired) electrons. The Morgan fingerprint density at radius 2 is 0.344 bits per heavy atom. The molecule has 31 nitrogen and oxygen atoms in total. The average molecular weight is 1090 g/mol. The number of aliphatic carboxylic acids is 12. The van der Waals surface area contributed by atoms with Gasteiger partial charge in [0.15, 0.2) is 0 Å². The molecule has 0 unspecified atom stereocenters. The molecule has 61 heavy (non-hydrogen) atoms. The zero-order valence-electron chi connectivity index (χ0n) is 30.8. The van der Waals surface area contributed by atoms with Crippen LogP contribution in [0.2, 0.25) is 0 Å². The van der Waals surface area contributed by atoms with E-state index < -0.39 is 145 Å². The Hall–Kier alpha value is -3.24. The van der Waals surface area contributed by atoms with Crippen LogP contribution in [0.4, 0.5) is 0 Å². The van der Waals surface area contributed by atoms with Gasteiger partial charge in [0, 0.05) is 99.1 Å². The van der Waals surface area contributed by atoms with Crippen LogP contribution in [0.1, 0.15) is 51.4 Å². The molecule has 16 N–H and O–H groups in total. The second-order valence-corrected chi connectivity index (χ2v) is 9.67. The Bertz CT molecular complexity index is 1170. The molecule has 0 heterocycles. The fraction of sp³-hybridized carbons (Fsp3) is 0.500. The van der Waals surface area contributed by atoms with E-state index in [1.54, 1.807) is 0 Å². The van der Waals surface area contributed by atoms with Crippen molar-refractivity contribution in [1.29, 1.82) is 0 Å². The van der Waals surface area contributed by atoms with Gasteiger partial charge in [0.2, 0.25) is 0 Å². The van der Waals surface area contributed by atoms with Crippen LogP contribution in [0.3, 0.4) is 0 Å². The monoisotopic (exact) mass is 1090 g/mol. The van der Waals surface area contributed by atoms with Gasteiger partial charge in [-0.3, -0.25) is 0 Å². The first-order chi connectivity index (χ1) is 23.1. The van der Waals surface area contributed by atoms with Gasteiger partial charge in [-0.05, 0) is 0 Å². The van der Waals surface area contributed by atoms with Gasteiger partial charge in [0.05, 0.1) is 23.9 Å². The van der Waals surface area contributed by atoms with E-state index in [0.29, 0.717) is 0 Å². The summed E-state index contributed by atoms with van der Waals surface area (Å²) in [7, 11) is 0. The van der Waals surface area contributed by atoms with Crippen LogP contribution in [0.5, 0.6) is 0 Å².